The van der Waals surface area contributed by atoms with Crippen LogP contribution in [0.25, 0.3) is 0 Å². The SMILES string of the molecule is Cc1cccc(CN(C(=O)CN(c2ccc(Cl)cc2C)S(=O)(=O)c2ccccc2)[C@@H](Cc2ccccc2)C(=O)NC(C)(C)C)c1. The highest BCUT2D eigenvalue weighted by Crippen LogP contribution is 2.29. The lowest BCUT2D eigenvalue weighted by Gasteiger charge is -2.35. The van der Waals surface area contributed by atoms with Crippen LogP contribution in [0, 0.1) is 13.8 Å². The monoisotopic (exact) mass is 645 g/mol. The Morgan fingerprint density at radius 3 is 2.04 bits per heavy atom. The highest BCUT2D eigenvalue weighted by molar-refractivity contribution is 7.92. The summed E-state index contributed by atoms with van der Waals surface area (Å²) in [6.45, 7) is 8.94. The zero-order valence-electron chi connectivity index (χ0n) is 26.3. The first-order valence-electron chi connectivity index (χ1n) is 14.8. The van der Waals surface area contributed by atoms with Gasteiger partial charge in [-0.3, -0.25) is 13.9 Å². The van der Waals surface area contributed by atoms with Gasteiger partial charge >= 0.3 is 0 Å². The van der Waals surface area contributed by atoms with Gasteiger partial charge in [0.15, 0.2) is 0 Å². The Hall–Kier alpha value is -4.14. The maximum atomic E-state index is 14.6. The number of rotatable bonds is 11. The molecule has 1 N–H and O–H groups in total. The zero-order chi connectivity index (χ0) is 32.8. The maximum Gasteiger partial charge on any atom is 0.264 e. The highest BCUT2D eigenvalue weighted by atomic mass is 35.5. The van der Waals surface area contributed by atoms with Gasteiger partial charge in [-0.15, -0.1) is 0 Å². The molecule has 0 aliphatic heterocycles. The summed E-state index contributed by atoms with van der Waals surface area (Å²) < 4.78 is 29.4. The van der Waals surface area contributed by atoms with Crippen LogP contribution in [0.2, 0.25) is 5.02 Å². The third kappa shape index (κ3) is 8.96. The smallest absolute Gasteiger partial charge is 0.264 e. The van der Waals surface area contributed by atoms with Crippen LogP contribution in [0.3, 0.4) is 0 Å². The topological polar surface area (TPSA) is 86.8 Å². The van der Waals surface area contributed by atoms with Crippen LogP contribution in [-0.4, -0.2) is 43.3 Å². The minimum atomic E-state index is -4.19. The molecule has 4 rings (SSSR count). The molecule has 0 fully saturated rings. The van der Waals surface area contributed by atoms with E-state index in [-0.39, 0.29) is 23.8 Å². The lowest BCUT2D eigenvalue weighted by Crippen LogP contribution is -2.56. The number of anilines is 1. The Morgan fingerprint density at radius 1 is 0.822 bits per heavy atom. The van der Waals surface area contributed by atoms with Crippen molar-refractivity contribution in [2.75, 3.05) is 10.8 Å². The van der Waals surface area contributed by atoms with Crippen molar-refractivity contribution in [1.29, 1.82) is 0 Å². The van der Waals surface area contributed by atoms with Crippen molar-refractivity contribution >= 4 is 39.1 Å². The number of aryl methyl sites for hydroxylation is 2. The van der Waals surface area contributed by atoms with Crippen LogP contribution in [0.5, 0.6) is 0 Å². The third-order valence-corrected chi connectivity index (χ3v) is 9.25. The van der Waals surface area contributed by atoms with Crippen molar-refractivity contribution in [3.05, 3.63) is 130 Å². The Labute approximate surface area is 271 Å². The first kappa shape index (κ1) is 33.7. The number of halogens is 1. The molecule has 0 aliphatic rings. The van der Waals surface area contributed by atoms with Crippen LogP contribution in [0.1, 0.15) is 43.0 Å². The molecule has 0 aromatic heterocycles. The van der Waals surface area contributed by atoms with Gasteiger partial charge in [0.05, 0.1) is 10.6 Å². The summed E-state index contributed by atoms with van der Waals surface area (Å²) in [5.41, 5.74) is 3.05. The molecule has 2 amide bonds. The molecule has 236 valence electrons. The molecule has 0 bridgehead atoms. The molecule has 4 aromatic carbocycles. The fraction of sp³-hybridized carbons (Fsp3) is 0.278. The molecule has 45 heavy (non-hydrogen) atoms. The standard InChI is InChI=1S/C36H40ClN3O4S/c1-26-13-12-16-29(21-26)24-39(33(35(42)38-36(3,4)5)23-28-14-8-6-9-15-28)34(41)25-40(32-20-19-30(37)22-27(32)2)45(43,44)31-17-10-7-11-18-31/h6-22,33H,23-25H2,1-5H3,(H,38,42)/t33-/m0/s1. The van der Waals surface area contributed by atoms with Crippen LogP contribution in [0.15, 0.2) is 108 Å². The Balaban J connectivity index is 1.84. The molecule has 7 nitrogen and oxygen atoms in total. The fourth-order valence-corrected chi connectivity index (χ4v) is 6.87. The van der Waals surface area contributed by atoms with Crippen molar-refractivity contribution in [2.45, 2.75) is 64.1 Å². The van der Waals surface area contributed by atoms with E-state index < -0.39 is 34.1 Å². The van der Waals surface area contributed by atoms with E-state index in [1.54, 1.807) is 43.3 Å². The number of benzene rings is 4. The van der Waals surface area contributed by atoms with E-state index >= 15 is 0 Å². The summed E-state index contributed by atoms with van der Waals surface area (Å²) in [4.78, 5) is 30.1. The molecule has 1 atom stereocenters. The van der Waals surface area contributed by atoms with Gasteiger partial charge in [-0.25, -0.2) is 8.42 Å². The van der Waals surface area contributed by atoms with Gasteiger partial charge < -0.3 is 10.2 Å². The molecular weight excluding hydrogens is 606 g/mol. The molecule has 0 radical (unpaired) electrons. The van der Waals surface area contributed by atoms with Crippen molar-refractivity contribution in [3.63, 3.8) is 0 Å². The van der Waals surface area contributed by atoms with E-state index in [0.29, 0.717) is 16.3 Å². The number of sulfonamides is 1. The normalized spacial score (nSPS) is 12.3. The van der Waals surface area contributed by atoms with Crippen LogP contribution in [-0.2, 0) is 32.6 Å². The summed E-state index contributed by atoms with van der Waals surface area (Å²) in [5, 5.41) is 3.50. The second kappa shape index (κ2) is 14.3. The zero-order valence-corrected chi connectivity index (χ0v) is 27.9. The van der Waals surface area contributed by atoms with E-state index in [1.807, 2.05) is 82.3 Å². The van der Waals surface area contributed by atoms with E-state index in [0.717, 1.165) is 21.0 Å². The maximum absolute atomic E-state index is 14.6. The molecule has 9 heteroatoms. The summed E-state index contributed by atoms with van der Waals surface area (Å²) in [6.07, 6.45) is 0.242. The summed E-state index contributed by atoms with van der Waals surface area (Å²) in [7, 11) is -4.19. The van der Waals surface area contributed by atoms with Crippen LogP contribution >= 0.6 is 11.6 Å². The van der Waals surface area contributed by atoms with Crippen molar-refractivity contribution in [3.8, 4) is 0 Å². The molecule has 0 saturated carbocycles. The lowest BCUT2D eigenvalue weighted by molar-refractivity contribution is -0.140. The largest absolute Gasteiger partial charge is 0.350 e. The highest BCUT2D eigenvalue weighted by Gasteiger charge is 2.36. The summed E-state index contributed by atoms with van der Waals surface area (Å²) in [6, 6.07) is 29.2. The average molecular weight is 646 g/mol. The Bertz CT molecular complexity index is 1740. The fourth-order valence-electron chi connectivity index (χ4n) is 5.15. The summed E-state index contributed by atoms with van der Waals surface area (Å²) in [5.74, 6) is -0.845. The molecule has 0 saturated heterocycles. The quantitative estimate of drug-likeness (QED) is 0.197. The van der Waals surface area contributed by atoms with Crippen LogP contribution < -0.4 is 9.62 Å². The van der Waals surface area contributed by atoms with Crippen LogP contribution in [0.4, 0.5) is 5.69 Å². The van der Waals surface area contributed by atoms with E-state index in [2.05, 4.69) is 5.32 Å². The predicted molar refractivity (Wildman–Crippen MR) is 181 cm³/mol. The van der Waals surface area contributed by atoms with Gasteiger partial charge in [0, 0.05) is 23.5 Å². The van der Waals surface area contributed by atoms with Gasteiger partial charge in [0.1, 0.15) is 12.6 Å². The molecule has 4 aromatic rings. The summed E-state index contributed by atoms with van der Waals surface area (Å²) >= 11 is 6.23. The number of amides is 2. The lowest BCUT2D eigenvalue weighted by atomic mass is 10.0. The number of carbonyl (C=O) groups excluding carboxylic acids is 2. The number of carbonyl (C=O) groups is 2. The van der Waals surface area contributed by atoms with Gasteiger partial charge in [-0.05, 0) is 81.6 Å². The van der Waals surface area contributed by atoms with E-state index in [1.165, 1.54) is 17.0 Å². The van der Waals surface area contributed by atoms with E-state index in [9.17, 15) is 18.0 Å². The van der Waals surface area contributed by atoms with Gasteiger partial charge in [-0.2, -0.15) is 0 Å². The third-order valence-electron chi connectivity index (χ3n) is 7.24. The number of hydrogen-bond donors (Lipinski definition) is 1. The van der Waals surface area contributed by atoms with E-state index in [4.69, 9.17) is 11.6 Å². The van der Waals surface area contributed by atoms with Gasteiger partial charge in [0.25, 0.3) is 10.0 Å². The first-order chi connectivity index (χ1) is 21.2. The Morgan fingerprint density at radius 2 is 1.44 bits per heavy atom. The van der Waals surface area contributed by atoms with Crippen molar-refractivity contribution < 1.29 is 18.0 Å². The molecule has 0 spiro atoms. The number of nitrogens with one attached hydrogen (secondary N) is 1. The minimum Gasteiger partial charge on any atom is -0.350 e. The Kier molecular flexibility index (Phi) is 10.7. The van der Waals surface area contributed by atoms with Gasteiger partial charge in [0.2, 0.25) is 11.8 Å². The number of hydrogen-bond acceptors (Lipinski definition) is 4. The second-order valence-corrected chi connectivity index (χ2v) is 14.5. The minimum absolute atomic E-state index is 0.0451. The molecule has 0 heterocycles. The average Bonchev–Trinajstić information content (AvgIpc) is 2.98. The van der Waals surface area contributed by atoms with Crippen molar-refractivity contribution in [2.24, 2.45) is 0 Å². The molecule has 0 unspecified atom stereocenters. The molecular formula is C36H40ClN3O4S. The predicted octanol–water partition coefficient (Wildman–Crippen LogP) is 6.71. The second-order valence-electron chi connectivity index (χ2n) is 12.2. The molecule has 0 aliphatic carbocycles. The number of nitrogens with zero attached hydrogens (tertiary/aromatic N) is 2. The first-order valence-corrected chi connectivity index (χ1v) is 16.6. The van der Waals surface area contributed by atoms with Gasteiger partial charge in [-0.1, -0.05) is 90.0 Å². The van der Waals surface area contributed by atoms with Crippen molar-refractivity contribution in [1.82, 2.24) is 10.2 Å².